The average Bonchev–Trinajstić information content (AvgIpc) is 2.32. The third-order valence-electron chi connectivity index (χ3n) is 3.97. The van der Waals surface area contributed by atoms with E-state index in [0.29, 0.717) is 6.10 Å². The van der Waals surface area contributed by atoms with Gasteiger partial charge in [0.25, 0.3) is 0 Å². The van der Waals surface area contributed by atoms with Gasteiger partial charge in [-0.1, -0.05) is 40.5 Å². The molecule has 2 heteroatoms. The van der Waals surface area contributed by atoms with Gasteiger partial charge < -0.3 is 10.1 Å². The van der Waals surface area contributed by atoms with Gasteiger partial charge >= 0.3 is 0 Å². The molecule has 0 aromatic carbocycles. The number of hydrogen-bond donors (Lipinski definition) is 1. The van der Waals surface area contributed by atoms with Crippen molar-refractivity contribution in [3.63, 3.8) is 0 Å². The minimum atomic E-state index is 0.499. The first kappa shape index (κ1) is 15.0. The zero-order valence-corrected chi connectivity index (χ0v) is 12.2. The van der Waals surface area contributed by atoms with E-state index in [2.05, 4.69) is 33.0 Å². The first-order valence-corrected chi connectivity index (χ1v) is 7.51. The standard InChI is InChI=1S/C15H31NO/c1-5-13(6-2)15-14(8-7-9-17-15)11-16-10-12(3)4/h12-16H,5-11H2,1-4H3. The Bertz CT molecular complexity index is 189. The van der Waals surface area contributed by atoms with E-state index in [4.69, 9.17) is 4.74 Å². The monoisotopic (exact) mass is 241 g/mol. The second kappa shape index (κ2) is 8.10. The van der Waals surface area contributed by atoms with Crippen LogP contribution >= 0.6 is 0 Å². The summed E-state index contributed by atoms with van der Waals surface area (Å²) in [7, 11) is 0. The molecule has 1 fully saturated rings. The molecule has 2 unspecified atom stereocenters. The van der Waals surface area contributed by atoms with E-state index < -0.39 is 0 Å². The molecule has 1 aliphatic heterocycles. The topological polar surface area (TPSA) is 21.3 Å². The summed E-state index contributed by atoms with van der Waals surface area (Å²) in [5, 5.41) is 3.61. The van der Waals surface area contributed by atoms with Crippen molar-refractivity contribution in [1.82, 2.24) is 5.32 Å². The lowest BCUT2D eigenvalue weighted by molar-refractivity contribution is -0.0617. The van der Waals surface area contributed by atoms with Crippen molar-refractivity contribution >= 4 is 0 Å². The summed E-state index contributed by atoms with van der Waals surface area (Å²) in [6.45, 7) is 12.4. The summed E-state index contributed by atoms with van der Waals surface area (Å²) < 4.78 is 6.05. The molecule has 0 radical (unpaired) electrons. The van der Waals surface area contributed by atoms with Crippen molar-refractivity contribution in [2.24, 2.45) is 17.8 Å². The third-order valence-corrected chi connectivity index (χ3v) is 3.97. The van der Waals surface area contributed by atoms with Crippen LogP contribution in [0.15, 0.2) is 0 Å². The van der Waals surface area contributed by atoms with Crippen molar-refractivity contribution in [3.05, 3.63) is 0 Å². The molecule has 0 aliphatic carbocycles. The number of hydrogen-bond acceptors (Lipinski definition) is 2. The molecular weight excluding hydrogens is 210 g/mol. The molecule has 17 heavy (non-hydrogen) atoms. The van der Waals surface area contributed by atoms with Gasteiger partial charge in [0.2, 0.25) is 0 Å². The zero-order chi connectivity index (χ0) is 12.7. The molecule has 1 rings (SSSR count). The maximum atomic E-state index is 6.05. The normalized spacial score (nSPS) is 25.8. The van der Waals surface area contributed by atoms with Gasteiger partial charge in [0.15, 0.2) is 0 Å². The van der Waals surface area contributed by atoms with E-state index in [1.165, 1.54) is 25.7 Å². The fourth-order valence-electron chi connectivity index (χ4n) is 2.92. The Kier molecular flexibility index (Phi) is 7.14. The smallest absolute Gasteiger partial charge is 0.0643 e. The summed E-state index contributed by atoms with van der Waals surface area (Å²) in [5.41, 5.74) is 0. The van der Waals surface area contributed by atoms with Crippen molar-refractivity contribution in [2.75, 3.05) is 19.7 Å². The molecule has 2 atom stereocenters. The SMILES string of the molecule is CCC(CC)C1OCCCC1CNCC(C)C. The molecule has 1 heterocycles. The van der Waals surface area contributed by atoms with Gasteiger partial charge in [-0.05, 0) is 37.1 Å². The first-order valence-electron chi connectivity index (χ1n) is 7.51. The van der Waals surface area contributed by atoms with Crippen LogP contribution in [0.2, 0.25) is 0 Å². The Labute approximate surface area is 108 Å². The lowest BCUT2D eigenvalue weighted by Gasteiger charge is -2.37. The summed E-state index contributed by atoms with van der Waals surface area (Å²) in [6, 6.07) is 0. The van der Waals surface area contributed by atoms with Crippen LogP contribution in [-0.4, -0.2) is 25.8 Å². The highest BCUT2D eigenvalue weighted by molar-refractivity contribution is 4.81. The fraction of sp³-hybridized carbons (Fsp3) is 1.00. The van der Waals surface area contributed by atoms with Gasteiger partial charge in [-0.15, -0.1) is 0 Å². The van der Waals surface area contributed by atoms with Crippen LogP contribution in [0.5, 0.6) is 0 Å². The van der Waals surface area contributed by atoms with Gasteiger partial charge in [0.05, 0.1) is 6.10 Å². The van der Waals surface area contributed by atoms with E-state index in [9.17, 15) is 0 Å². The highest BCUT2D eigenvalue weighted by atomic mass is 16.5. The lowest BCUT2D eigenvalue weighted by atomic mass is 9.83. The van der Waals surface area contributed by atoms with Crippen LogP contribution < -0.4 is 5.32 Å². The Balaban J connectivity index is 2.41. The highest BCUT2D eigenvalue weighted by Gasteiger charge is 2.30. The molecule has 102 valence electrons. The summed E-state index contributed by atoms with van der Waals surface area (Å²) in [6.07, 6.45) is 5.58. The number of ether oxygens (including phenoxy) is 1. The van der Waals surface area contributed by atoms with Crippen LogP contribution in [-0.2, 0) is 4.74 Å². The fourth-order valence-corrected chi connectivity index (χ4v) is 2.92. The average molecular weight is 241 g/mol. The molecule has 1 N–H and O–H groups in total. The molecule has 2 nitrogen and oxygen atoms in total. The van der Waals surface area contributed by atoms with Crippen LogP contribution in [0.3, 0.4) is 0 Å². The van der Waals surface area contributed by atoms with Crippen LogP contribution in [0.1, 0.15) is 53.4 Å². The largest absolute Gasteiger partial charge is 0.378 e. The van der Waals surface area contributed by atoms with Crippen molar-refractivity contribution in [2.45, 2.75) is 59.5 Å². The minimum Gasteiger partial charge on any atom is -0.378 e. The summed E-state index contributed by atoms with van der Waals surface area (Å²) >= 11 is 0. The molecule has 0 aromatic rings. The first-order chi connectivity index (χ1) is 8.19. The van der Waals surface area contributed by atoms with Crippen LogP contribution in [0.25, 0.3) is 0 Å². The van der Waals surface area contributed by atoms with Crippen molar-refractivity contribution in [3.8, 4) is 0 Å². The minimum absolute atomic E-state index is 0.499. The van der Waals surface area contributed by atoms with Gasteiger partial charge in [-0.25, -0.2) is 0 Å². The molecule has 1 aliphatic rings. The van der Waals surface area contributed by atoms with Gasteiger partial charge in [0, 0.05) is 13.2 Å². The number of rotatable bonds is 7. The van der Waals surface area contributed by atoms with E-state index in [1.807, 2.05) is 0 Å². The van der Waals surface area contributed by atoms with Crippen molar-refractivity contribution < 1.29 is 4.74 Å². The third kappa shape index (κ3) is 4.97. The Morgan fingerprint density at radius 2 is 1.94 bits per heavy atom. The molecule has 1 saturated heterocycles. The van der Waals surface area contributed by atoms with E-state index >= 15 is 0 Å². The van der Waals surface area contributed by atoms with Gasteiger partial charge in [-0.3, -0.25) is 0 Å². The predicted octanol–water partition coefficient (Wildman–Crippen LogP) is 3.46. The molecule has 0 bridgehead atoms. The molecule has 0 saturated carbocycles. The predicted molar refractivity (Wildman–Crippen MR) is 74.2 cm³/mol. The van der Waals surface area contributed by atoms with Gasteiger partial charge in [0.1, 0.15) is 0 Å². The Hall–Kier alpha value is -0.0800. The lowest BCUT2D eigenvalue weighted by Crippen LogP contribution is -2.41. The second-order valence-electron chi connectivity index (χ2n) is 5.87. The quantitative estimate of drug-likeness (QED) is 0.737. The summed E-state index contributed by atoms with van der Waals surface area (Å²) in [5.74, 6) is 2.22. The molecular formula is C15H31NO. The molecule has 0 amide bonds. The van der Waals surface area contributed by atoms with Crippen molar-refractivity contribution in [1.29, 1.82) is 0 Å². The zero-order valence-electron chi connectivity index (χ0n) is 12.2. The van der Waals surface area contributed by atoms with E-state index in [0.717, 1.165) is 37.5 Å². The maximum Gasteiger partial charge on any atom is 0.0643 e. The number of nitrogens with one attached hydrogen (secondary N) is 1. The summed E-state index contributed by atoms with van der Waals surface area (Å²) in [4.78, 5) is 0. The Morgan fingerprint density at radius 3 is 2.53 bits per heavy atom. The molecule has 0 spiro atoms. The van der Waals surface area contributed by atoms with E-state index in [-0.39, 0.29) is 0 Å². The van der Waals surface area contributed by atoms with Crippen LogP contribution in [0.4, 0.5) is 0 Å². The van der Waals surface area contributed by atoms with Gasteiger partial charge in [-0.2, -0.15) is 0 Å². The Morgan fingerprint density at radius 1 is 1.24 bits per heavy atom. The second-order valence-corrected chi connectivity index (χ2v) is 5.87. The maximum absolute atomic E-state index is 6.05. The molecule has 0 aromatic heterocycles. The van der Waals surface area contributed by atoms with E-state index in [1.54, 1.807) is 0 Å². The van der Waals surface area contributed by atoms with Crippen LogP contribution in [0, 0.1) is 17.8 Å². The highest BCUT2D eigenvalue weighted by Crippen LogP contribution is 2.29.